The molecule has 3 rings (SSSR count). The second kappa shape index (κ2) is 6.28. The molecule has 0 saturated carbocycles. The van der Waals surface area contributed by atoms with Gasteiger partial charge in [0.1, 0.15) is 0 Å². The molecule has 2 aromatic carbocycles. The van der Waals surface area contributed by atoms with Crippen LogP contribution in [0.15, 0.2) is 48.7 Å². The van der Waals surface area contributed by atoms with Crippen LogP contribution in [0.1, 0.15) is 31.9 Å². The number of fused-ring (bicyclic) bond motifs is 1. The van der Waals surface area contributed by atoms with E-state index in [9.17, 15) is 0 Å². The molecule has 0 spiro atoms. The summed E-state index contributed by atoms with van der Waals surface area (Å²) in [6, 6.07) is 15.6. The fraction of sp³-hybridized carbons (Fsp3) is 0.348. The Morgan fingerprint density at radius 1 is 0.920 bits per heavy atom. The van der Waals surface area contributed by atoms with Gasteiger partial charge in [0.25, 0.3) is 0 Å². The summed E-state index contributed by atoms with van der Waals surface area (Å²) in [4.78, 5) is 4.85. The van der Waals surface area contributed by atoms with Gasteiger partial charge in [-0.05, 0) is 0 Å². The zero-order valence-corrected chi connectivity index (χ0v) is 18.7. The molecule has 0 aliphatic carbocycles. The predicted molar refractivity (Wildman–Crippen MR) is 114 cm³/mol. The standard InChI is InChI=1S/C23H29GeN/c1-16-12-22(25-15-21(16)24(5,6)7)18-13-17-10-8-9-11-19(17)20(14-18)23(2,3)4/h8-15H,1-7H3. The van der Waals surface area contributed by atoms with Gasteiger partial charge in [-0.25, -0.2) is 0 Å². The van der Waals surface area contributed by atoms with Crippen molar-refractivity contribution >= 4 is 28.4 Å². The minimum atomic E-state index is -1.86. The Balaban J connectivity index is 2.22. The SMILES string of the molecule is Cc1cc(-c2cc(C(C)(C)C)c3ccccc3c2)nc[c]1[Ge]([CH3])([CH3])[CH3]. The zero-order valence-electron chi connectivity index (χ0n) is 16.6. The van der Waals surface area contributed by atoms with Crippen LogP contribution < -0.4 is 4.40 Å². The van der Waals surface area contributed by atoms with Crippen LogP contribution in [0.2, 0.25) is 17.3 Å². The Bertz CT molecular complexity index is 927. The van der Waals surface area contributed by atoms with Gasteiger partial charge in [0.05, 0.1) is 0 Å². The average molecular weight is 392 g/mol. The molecule has 0 radical (unpaired) electrons. The van der Waals surface area contributed by atoms with E-state index in [1.165, 1.54) is 31.9 Å². The van der Waals surface area contributed by atoms with Gasteiger partial charge in [0.2, 0.25) is 0 Å². The predicted octanol–water partition coefficient (Wildman–Crippen LogP) is 6.05. The average Bonchev–Trinajstić information content (AvgIpc) is 2.51. The number of benzene rings is 2. The molecular weight excluding hydrogens is 363 g/mol. The first-order valence-corrected chi connectivity index (χ1v) is 16.4. The van der Waals surface area contributed by atoms with Crippen molar-refractivity contribution in [3.05, 3.63) is 59.8 Å². The quantitative estimate of drug-likeness (QED) is 0.484. The van der Waals surface area contributed by atoms with E-state index in [0.29, 0.717) is 0 Å². The number of hydrogen-bond donors (Lipinski definition) is 0. The van der Waals surface area contributed by atoms with Crippen LogP contribution in [0, 0.1) is 6.92 Å². The number of aryl methyl sites for hydroxylation is 1. The molecule has 25 heavy (non-hydrogen) atoms. The van der Waals surface area contributed by atoms with Crippen molar-refractivity contribution in [2.75, 3.05) is 0 Å². The Morgan fingerprint density at radius 2 is 1.60 bits per heavy atom. The summed E-state index contributed by atoms with van der Waals surface area (Å²) >= 11 is -1.86. The van der Waals surface area contributed by atoms with Crippen molar-refractivity contribution in [2.24, 2.45) is 0 Å². The first-order valence-electron chi connectivity index (χ1n) is 9.08. The Morgan fingerprint density at radius 3 is 2.20 bits per heavy atom. The zero-order chi connectivity index (χ0) is 18.4. The molecule has 2 heteroatoms. The van der Waals surface area contributed by atoms with Crippen LogP contribution in [0.5, 0.6) is 0 Å². The molecule has 3 aromatic rings. The Hall–Kier alpha value is -1.61. The van der Waals surface area contributed by atoms with Crippen molar-refractivity contribution in [2.45, 2.75) is 50.4 Å². The van der Waals surface area contributed by atoms with Gasteiger partial charge in [0, 0.05) is 0 Å². The molecule has 0 N–H and O–H groups in total. The molecule has 1 aromatic heterocycles. The molecule has 0 bridgehead atoms. The monoisotopic (exact) mass is 393 g/mol. The molecule has 0 amide bonds. The summed E-state index contributed by atoms with van der Waals surface area (Å²) in [6.45, 7) is 9.09. The van der Waals surface area contributed by atoms with Crippen molar-refractivity contribution < 1.29 is 0 Å². The van der Waals surface area contributed by atoms with Gasteiger partial charge < -0.3 is 0 Å². The third kappa shape index (κ3) is 3.67. The van der Waals surface area contributed by atoms with E-state index in [-0.39, 0.29) is 5.41 Å². The maximum atomic E-state index is 4.85. The van der Waals surface area contributed by atoms with Crippen LogP contribution in [0.4, 0.5) is 0 Å². The minimum absolute atomic E-state index is 0.103. The van der Waals surface area contributed by atoms with E-state index in [2.05, 4.69) is 93.6 Å². The van der Waals surface area contributed by atoms with E-state index in [4.69, 9.17) is 4.98 Å². The second-order valence-corrected chi connectivity index (χ2v) is 19.7. The fourth-order valence-electron chi connectivity index (χ4n) is 3.58. The summed E-state index contributed by atoms with van der Waals surface area (Å²) < 4.78 is 1.50. The van der Waals surface area contributed by atoms with Crippen molar-refractivity contribution in [3.8, 4) is 11.3 Å². The van der Waals surface area contributed by atoms with Gasteiger partial charge >= 0.3 is 155 Å². The molecular formula is C23H29GeN. The Kier molecular flexibility index (Phi) is 4.57. The van der Waals surface area contributed by atoms with E-state index in [1.807, 2.05) is 0 Å². The first-order chi connectivity index (χ1) is 11.6. The van der Waals surface area contributed by atoms with Crippen LogP contribution in [-0.4, -0.2) is 18.3 Å². The third-order valence-corrected chi connectivity index (χ3v) is 9.37. The van der Waals surface area contributed by atoms with Crippen LogP contribution in [-0.2, 0) is 5.41 Å². The molecule has 0 unspecified atom stereocenters. The van der Waals surface area contributed by atoms with Crippen molar-refractivity contribution in [1.29, 1.82) is 0 Å². The first kappa shape index (κ1) is 18.2. The topological polar surface area (TPSA) is 12.9 Å². The van der Waals surface area contributed by atoms with Crippen LogP contribution in [0.3, 0.4) is 0 Å². The molecule has 0 atom stereocenters. The fourth-order valence-corrected chi connectivity index (χ4v) is 7.16. The second-order valence-electron chi connectivity index (χ2n) is 9.13. The molecule has 1 nitrogen and oxygen atoms in total. The summed E-state index contributed by atoms with van der Waals surface area (Å²) in [5.74, 6) is 7.28. The molecule has 0 aliphatic heterocycles. The van der Waals surface area contributed by atoms with Gasteiger partial charge in [-0.1, -0.05) is 0 Å². The number of nitrogens with zero attached hydrogens (tertiary/aromatic N) is 1. The van der Waals surface area contributed by atoms with E-state index in [0.717, 1.165) is 5.69 Å². The van der Waals surface area contributed by atoms with E-state index >= 15 is 0 Å². The summed E-state index contributed by atoms with van der Waals surface area (Å²) in [5, 5.41) is 2.64. The molecule has 0 aliphatic rings. The molecule has 0 fully saturated rings. The van der Waals surface area contributed by atoms with Gasteiger partial charge in [-0.2, -0.15) is 0 Å². The molecule has 0 saturated heterocycles. The summed E-state index contributed by atoms with van der Waals surface area (Å²) in [6.07, 6.45) is 2.14. The number of rotatable bonds is 2. The summed E-state index contributed by atoms with van der Waals surface area (Å²) in [7, 11) is 0. The van der Waals surface area contributed by atoms with Crippen LogP contribution in [0.25, 0.3) is 22.0 Å². The third-order valence-electron chi connectivity index (χ3n) is 4.88. The van der Waals surface area contributed by atoms with Crippen molar-refractivity contribution in [3.63, 3.8) is 0 Å². The molecule has 130 valence electrons. The number of aromatic nitrogens is 1. The van der Waals surface area contributed by atoms with Crippen molar-refractivity contribution in [1.82, 2.24) is 4.98 Å². The van der Waals surface area contributed by atoms with Gasteiger partial charge in [-0.3, -0.25) is 0 Å². The maximum absolute atomic E-state index is 4.85. The van der Waals surface area contributed by atoms with Gasteiger partial charge in [0.15, 0.2) is 0 Å². The van der Waals surface area contributed by atoms with Gasteiger partial charge in [-0.15, -0.1) is 0 Å². The van der Waals surface area contributed by atoms with E-state index < -0.39 is 13.3 Å². The molecule has 1 heterocycles. The number of hydrogen-bond acceptors (Lipinski definition) is 1. The van der Waals surface area contributed by atoms with E-state index in [1.54, 1.807) is 0 Å². The summed E-state index contributed by atoms with van der Waals surface area (Å²) in [5.41, 5.74) is 5.19. The number of pyridine rings is 1. The Labute approximate surface area is 154 Å². The normalized spacial score (nSPS) is 12.6. The van der Waals surface area contributed by atoms with Crippen LogP contribution >= 0.6 is 0 Å².